The van der Waals surface area contributed by atoms with Crippen molar-refractivity contribution in [1.29, 1.82) is 0 Å². The highest BCUT2D eigenvalue weighted by atomic mass is 16.6. The number of amides is 1. The number of hydrogen-bond acceptors (Lipinski definition) is 3. The summed E-state index contributed by atoms with van der Waals surface area (Å²) >= 11 is 0. The van der Waals surface area contributed by atoms with Crippen LogP contribution < -0.4 is 5.32 Å². The summed E-state index contributed by atoms with van der Waals surface area (Å²) in [5, 5.41) is 2.46. The van der Waals surface area contributed by atoms with Crippen LogP contribution in [0.25, 0.3) is 0 Å². The zero-order chi connectivity index (χ0) is 8.69. The lowest BCUT2D eigenvalue weighted by molar-refractivity contribution is 0.0693. The summed E-state index contributed by atoms with van der Waals surface area (Å²) in [7, 11) is 2.81. The smallest absolute Gasteiger partial charge is 0.408 e. The first kappa shape index (κ1) is 9.97. The van der Waals surface area contributed by atoms with Gasteiger partial charge < -0.3 is 9.47 Å². The Bertz CT molecular complexity index is 136. The molecule has 0 bridgehead atoms. The maximum Gasteiger partial charge on any atom is 0.408 e. The molecule has 0 aromatic carbocycles. The molecule has 0 fully saturated rings. The van der Waals surface area contributed by atoms with Crippen LogP contribution in [0, 0.1) is 0 Å². The van der Waals surface area contributed by atoms with Gasteiger partial charge in [-0.25, -0.2) is 4.79 Å². The van der Waals surface area contributed by atoms with Gasteiger partial charge in [0.2, 0.25) is 0 Å². The van der Waals surface area contributed by atoms with E-state index in [0.717, 1.165) is 0 Å². The number of hydrogen-bond donors (Lipinski definition) is 1. The topological polar surface area (TPSA) is 47.6 Å². The van der Waals surface area contributed by atoms with E-state index in [-0.39, 0.29) is 6.23 Å². The molecule has 0 aliphatic heterocycles. The molecular weight excluding hydrogens is 146 g/mol. The lowest BCUT2D eigenvalue weighted by Gasteiger charge is -2.13. The third kappa shape index (κ3) is 4.38. The Morgan fingerprint density at radius 1 is 1.73 bits per heavy atom. The van der Waals surface area contributed by atoms with E-state index < -0.39 is 6.09 Å². The highest BCUT2D eigenvalue weighted by Crippen LogP contribution is 1.93. The second kappa shape index (κ2) is 5.73. The summed E-state index contributed by atoms with van der Waals surface area (Å²) < 4.78 is 9.24. The first-order valence-electron chi connectivity index (χ1n) is 3.22. The zero-order valence-corrected chi connectivity index (χ0v) is 6.79. The number of alkyl carbamates (subject to hydrolysis) is 1. The van der Waals surface area contributed by atoms with Crippen LogP contribution in [-0.4, -0.2) is 26.5 Å². The van der Waals surface area contributed by atoms with Crippen LogP contribution in [0.15, 0.2) is 12.7 Å². The summed E-state index contributed by atoms with van der Waals surface area (Å²) in [4.78, 5) is 10.6. The number of carbonyl (C=O) groups excluding carboxylic acids is 1. The van der Waals surface area contributed by atoms with Gasteiger partial charge in [-0.05, 0) is 0 Å². The van der Waals surface area contributed by atoms with Gasteiger partial charge in [-0.2, -0.15) is 0 Å². The highest BCUT2D eigenvalue weighted by Gasteiger charge is 2.07. The summed E-state index contributed by atoms with van der Waals surface area (Å²) in [6, 6.07) is 0. The zero-order valence-electron chi connectivity index (χ0n) is 6.79. The molecule has 4 heteroatoms. The Kier molecular flexibility index (Phi) is 5.20. The molecule has 64 valence electrons. The van der Waals surface area contributed by atoms with Crippen molar-refractivity contribution in [2.45, 2.75) is 12.6 Å². The molecule has 0 rings (SSSR count). The Hall–Kier alpha value is -1.03. The van der Waals surface area contributed by atoms with E-state index >= 15 is 0 Å². The van der Waals surface area contributed by atoms with Gasteiger partial charge >= 0.3 is 6.09 Å². The van der Waals surface area contributed by atoms with Crippen LogP contribution in [0.5, 0.6) is 0 Å². The third-order valence-electron chi connectivity index (χ3n) is 1.13. The fourth-order valence-corrected chi connectivity index (χ4v) is 0.556. The average molecular weight is 159 g/mol. The SMILES string of the molecule is C=CCC(NC(=O)OC)OC. The van der Waals surface area contributed by atoms with Crippen molar-refractivity contribution in [3.63, 3.8) is 0 Å². The van der Waals surface area contributed by atoms with Crippen molar-refractivity contribution in [2.75, 3.05) is 14.2 Å². The number of carbonyl (C=O) groups is 1. The van der Waals surface area contributed by atoms with Crippen molar-refractivity contribution in [3.05, 3.63) is 12.7 Å². The van der Waals surface area contributed by atoms with Crippen molar-refractivity contribution in [1.82, 2.24) is 5.32 Å². The minimum absolute atomic E-state index is 0.347. The normalized spacial score (nSPS) is 11.8. The Morgan fingerprint density at radius 2 is 2.36 bits per heavy atom. The quantitative estimate of drug-likeness (QED) is 0.489. The van der Waals surface area contributed by atoms with E-state index in [4.69, 9.17) is 4.74 Å². The van der Waals surface area contributed by atoms with Gasteiger partial charge in [-0.3, -0.25) is 5.32 Å². The molecule has 0 aromatic rings. The molecule has 11 heavy (non-hydrogen) atoms. The van der Waals surface area contributed by atoms with Gasteiger partial charge in [0.05, 0.1) is 7.11 Å². The predicted molar refractivity (Wildman–Crippen MR) is 41.2 cm³/mol. The minimum atomic E-state index is -0.501. The monoisotopic (exact) mass is 159 g/mol. The molecule has 0 heterocycles. The minimum Gasteiger partial charge on any atom is -0.453 e. The van der Waals surface area contributed by atoms with Crippen molar-refractivity contribution in [2.24, 2.45) is 0 Å². The maximum atomic E-state index is 10.6. The fraction of sp³-hybridized carbons (Fsp3) is 0.571. The van der Waals surface area contributed by atoms with Crippen LogP contribution in [0.3, 0.4) is 0 Å². The molecule has 0 aliphatic carbocycles. The van der Waals surface area contributed by atoms with Gasteiger partial charge in [-0.1, -0.05) is 6.08 Å². The Morgan fingerprint density at radius 3 is 2.73 bits per heavy atom. The maximum absolute atomic E-state index is 10.6. The van der Waals surface area contributed by atoms with Crippen LogP contribution >= 0.6 is 0 Å². The largest absolute Gasteiger partial charge is 0.453 e. The predicted octanol–water partition coefficient (Wildman–Crippen LogP) is 0.891. The summed E-state index contributed by atoms with van der Waals surface area (Å²) in [5.74, 6) is 0. The number of rotatable bonds is 4. The van der Waals surface area contributed by atoms with Crippen LogP contribution in [0.4, 0.5) is 4.79 Å². The summed E-state index contributed by atoms with van der Waals surface area (Å²) in [6.45, 7) is 3.51. The van der Waals surface area contributed by atoms with Crippen LogP contribution in [-0.2, 0) is 9.47 Å². The van der Waals surface area contributed by atoms with E-state index in [1.807, 2.05) is 0 Å². The summed E-state index contributed by atoms with van der Waals surface area (Å²) in [5.41, 5.74) is 0. The van der Waals surface area contributed by atoms with E-state index in [1.54, 1.807) is 6.08 Å². The molecular formula is C7H13NO3. The second-order valence-corrected chi connectivity index (χ2v) is 1.88. The fourth-order valence-electron chi connectivity index (χ4n) is 0.556. The molecule has 0 saturated heterocycles. The molecule has 1 N–H and O–H groups in total. The van der Waals surface area contributed by atoms with Crippen molar-refractivity contribution < 1.29 is 14.3 Å². The molecule has 0 radical (unpaired) electrons. The van der Waals surface area contributed by atoms with Crippen LogP contribution in [0.2, 0.25) is 0 Å². The summed E-state index contributed by atoms with van der Waals surface area (Å²) in [6.07, 6.45) is 1.37. The Balaban J connectivity index is 3.67. The molecule has 0 aromatic heterocycles. The van der Waals surface area contributed by atoms with E-state index in [1.165, 1.54) is 14.2 Å². The third-order valence-corrected chi connectivity index (χ3v) is 1.13. The molecule has 1 amide bonds. The van der Waals surface area contributed by atoms with Gasteiger partial charge in [0.1, 0.15) is 6.23 Å². The number of ether oxygens (including phenoxy) is 2. The van der Waals surface area contributed by atoms with E-state index in [0.29, 0.717) is 6.42 Å². The van der Waals surface area contributed by atoms with Gasteiger partial charge in [0.15, 0.2) is 0 Å². The Labute approximate surface area is 66.2 Å². The molecule has 1 atom stereocenters. The lowest BCUT2D eigenvalue weighted by Crippen LogP contribution is -2.35. The molecule has 0 aliphatic rings. The molecule has 1 unspecified atom stereocenters. The number of methoxy groups -OCH3 is 2. The van der Waals surface area contributed by atoms with E-state index in [9.17, 15) is 4.79 Å². The molecule has 0 saturated carbocycles. The van der Waals surface area contributed by atoms with Gasteiger partial charge in [-0.15, -0.1) is 6.58 Å². The molecule has 4 nitrogen and oxygen atoms in total. The standard InChI is InChI=1S/C7H13NO3/c1-4-5-6(10-2)8-7(9)11-3/h4,6H,1,5H2,2-3H3,(H,8,9). The highest BCUT2D eigenvalue weighted by molar-refractivity contribution is 5.67. The van der Waals surface area contributed by atoms with Gasteiger partial charge in [0.25, 0.3) is 0 Å². The first-order valence-corrected chi connectivity index (χ1v) is 3.22. The average Bonchev–Trinajstić information content (AvgIpc) is 2.03. The molecule has 0 spiro atoms. The first-order chi connectivity index (χ1) is 5.24. The lowest BCUT2D eigenvalue weighted by atomic mass is 10.4. The van der Waals surface area contributed by atoms with E-state index in [2.05, 4.69) is 16.6 Å². The van der Waals surface area contributed by atoms with Crippen molar-refractivity contribution in [3.8, 4) is 0 Å². The number of nitrogens with one attached hydrogen (secondary N) is 1. The second-order valence-electron chi connectivity index (χ2n) is 1.88. The van der Waals surface area contributed by atoms with Crippen molar-refractivity contribution >= 4 is 6.09 Å². The van der Waals surface area contributed by atoms with Crippen LogP contribution in [0.1, 0.15) is 6.42 Å². The van der Waals surface area contributed by atoms with Gasteiger partial charge in [0, 0.05) is 13.5 Å².